The highest BCUT2D eigenvalue weighted by molar-refractivity contribution is 9.10. The number of nitrogen functional groups attached to an aromatic ring is 1. The summed E-state index contributed by atoms with van der Waals surface area (Å²) in [5.74, 6) is 0. The molecule has 0 amide bonds. The second-order valence-corrected chi connectivity index (χ2v) is 5.97. The van der Waals surface area contributed by atoms with Crippen LogP contribution >= 0.6 is 27.7 Å². The van der Waals surface area contributed by atoms with E-state index in [1.165, 1.54) is 11.8 Å². The Morgan fingerprint density at radius 3 is 2.90 bits per heavy atom. The van der Waals surface area contributed by atoms with Crippen molar-refractivity contribution in [3.05, 3.63) is 46.4 Å². The number of rotatable bonds is 2. The van der Waals surface area contributed by atoms with Crippen molar-refractivity contribution in [2.45, 2.75) is 10.1 Å². The molecule has 98 valence electrons. The molecule has 0 radical (unpaired) electrons. The van der Waals surface area contributed by atoms with Crippen molar-refractivity contribution in [3.8, 4) is 6.07 Å². The predicted octanol–water partition coefficient (Wildman–Crippen LogP) is 4.20. The number of nitrogens with zero attached hydrogens (tertiary/aromatic N) is 2. The van der Waals surface area contributed by atoms with Crippen LogP contribution in [0.25, 0.3) is 11.1 Å². The molecule has 0 aliphatic rings. The van der Waals surface area contributed by atoms with E-state index in [2.05, 4.69) is 27.0 Å². The molecule has 0 fully saturated rings. The van der Waals surface area contributed by atoms with E-state index in [4.69, 9.17) is 15.4 Å². The third-order valence-electron chi connectivity index (χ3n) is 2.65. The van der Waals surface area contributed by atoms with E-state index in [9.17, 15) is 0 Å². The van der Waals surface area contributed by atoms with Crippen molar-refractivity contribution in [2.24, 2.45) is 0 Å². The van der Waals surface area contributed by atoms with Crippen LogP contribution in [0.4, 0.5) is 5.69 Å². The van der Waals surface area contributed by atoms with Gasteiger partial charge in [-0.1, -0.05) is 15.9 Å². The van der Waals surface area contributed by atoms with Crippen molar-refractivity contribution < 1.29 is 4.42 Å². The molecule has 6 heteroatoms. The van der Waals surface area contributed by atoms with E-state index >= 15 is 0 Å². The summed E-state index contributed by atoms with van der Waals surface area (Å²) < 4.78 is 6.50. The van der Waals surface area contributed by atoms with Gasteiger partial charge >= 0.3 is 0 Å². The molecule has 1 heterocycles. The first-order valence-corrected chi connectivity index (χ1v) is 7.30. The van der Waals surface area contributed by atoms with Crippen LogP contribution in [0.5, 0.6) is 0 Å². The first kappa shape index (κ1) is 13.0. The summed E-state index contributed by atoms with van der Waals surface area (Å²) in [5.41, 5.74) is 8.30. The second kappa shape index (κ2) is 5.19. The Kier molecular flexibility index (Phi) is 3.38. The van der Waals surface area contributed by atoms with Gasteiger partial charge in [-0.25, -0.2) is 4.98 Å². The maximum absolute atomic E-state index is 9.15. The number of aromatic nitrogens is 1. The van der Waals surface area contributed by atoms with Crippen LogP contribution in [0.2, 0.25) is 0 Å². The minimum absolute atomic E-state index is 0.490. The quantitative estimate of drug-likeness (QED) is 0.704. The van der Waals surface area contributed by atoms with Crippen molar-refractivity contribution in [2.75, 3.05) is 5.73 Å². The van der Waals surface area contributed by atoms with Gasteiger partial charge in [-0.2, -0.15) is 5.26 Å². The molecule has 0 bridgehead atoms. The van der Waals surface area contributed by atoms with E-state index in [1.54, 1.807) is 18.2 Å². The summed E-state index contributed by atoms with van der Waals surface area (Å²) in [6.45, 7) is 0. The Morgan fingerprint density at radius 2 is 2.10 bits per heavy atom. The molecule has 0 saturated heterocycles. The van der Waals surface area contributed by atoms with Gasteiger partial charge in [0.2, 0.25) is 0 Å². The van der Waals surface area contributed by atoms with Gasteiger partial charge < -0.3 is 10.2 Å². The fourth-order valence-corrected chi connectivity index (χ4v) is 2.91. The Morgan fingerprint density at radius 1 is 1.25 bits per heavy atom. The van der Waals surface area contributed by atoms with Gasteiger partial charge in [0, 0.05) is 21.1 Å². The molecule has 1 aromatic heterocycles. The standard InChI is InChI=1S/C14H8BrN3OS/c15-9-1-4-13(8(5-9)7-16)20-14-18-11-3-2-10(17)6-12(11)19-14/h1-6H,17H2. The van der Waals surface area contributed by atoms with E-state index in [-0.39, 0.29) is 0 Å². The van der Waals surface area contributed by atoms with Crippen molar-refractivity contribution in [1.82, 2.24) is 4.98 Å². The van der Waals surface area contributed by atoms with Gasteiger partial charge in [0.1, 0.15) is 11.6 Å². The van der Waals surface area contributed by atoms with Crippen molar-refractivity contribution in [3.63, 3.8) is 0 Å². The molecular formula is C14H8BrN3OS. The second-order valence-electron chi connectivity index (χ2n) is 4.06. The van der Waals surface area contributed by atoms with Crippen LogP contribution in [-0.4, -0.2) is 4.98 Å². The van der Waals surface area contributed by atoms with Crippen LogP contribution in [0, 0.1) is 11.3 Å². The number of hydrogen-bond donors (Lipinski definition) is 1. The van der Waals surface area contributed by atoms with Crippen LogP contribution in [0.15, 0.2) is 55.4 Å². The molecule has 2 N–H and O–H groups in total. The Labute approximate surface area is 127 Å². The van der Waals surface area contributed by atoms with Gasteiger partial charge in [-0.05, 0) is 42.1 Å². The molecule has 0 saturated carbocycles. The fourth-order valence-electron chi connectivity index (χ4n) is 1.74. The molecule has 3 rings (SSSR count). The van der Waals surface area contributed by atoms with Gasteiger partial charge in [0.15, 0.2) is 5.58 Å². The zero-order valence-corrected chi connectivity index (χ0v) is 12.5. The molecule has 2 aromatic carbocycles. The lowest BCUT2D eigenvalue weighted by atomic mass is 10.2. The lowest BCUT2D eigenvalue weighted by molar-refractivity contribution is 0.489. The molecule has 3 aromatic rings. The first-order valence-electron chi connectivity index (χ1n) is 5.69. The molecular weight excluding hydrogens is 338 g/mol. The van der Waals surface area contributed by atoms with Crippen LogP contribution in [0.1, 0.15) is 5.56 Å². The molecule has 0 aliphatic carbocycles. The van der Waals surface area contributed by atoms with Gasteiger partial charge in [-0.15, -0.1) is 0 Å². The van der Waals surface area contributed by atoms with E-state index in [1.807, 2.05) is 18.2 Å². The fraction of sp³-hybridized carbons (Fsp3) is 0. The van der Waals surface area contributed by atoms with E-state index in [0.717, 1.165) is 14.9 Å². The molecule has 0 unspecified atom stereocenters. The predicted molar refractivity (Wildman–Crippen MR) is 81.4 cm³/mol. The monoisotopic (exact) mass is 345 g/mol. The Balaban J connectivity index is 1.99. The summed E-state index contributed by atoms with van der Waals surface area (Å²) in [6, 6.07) is 13.0. The maximum atomic E-state index is 9.15. The normalized spacial score (nSPS) is 10.6. The maximum Gasteiger partial charge on any atom is 0.261 e. The van der Waals surface area contributed by atoms with Gasteiger partial charge in [-0.3, -0.25) is 0 Å². The minimum atomic E-state index is 0.490. The molecule has 4 nitrogen and oxygen atoms in total. The molecule has 0 spiro atoms. The van der Waals surface area contributed by atoms with Gasteiger partial charge in [0.25, 0.3) is 5.22 Å². The average Bonchev–Trinajstić information content (AvgIpc) is 2.82. The first-order chi connectivity index (χ1) is 9.65. The third kappa shape index (κ3) is 2.50. The largest absolute Gasteiger partial charge is 0.431 e. The topological polar surface area (TPSA) is 75.8 Å². The molecule has 0 atom stereocenters. The Hall–Kier alpha value is -1.97. The highest BCUT2D eigenvalue weighted by Gasteiger charge is 2.11. The number of oxazole rings is 1. The smallest absolute Gasteiger partial charge is 0.261 e. The number of nitrogens with two attached hydrogens (primary N) is 1. The highest BCUT2D eigenvalue weighted by atomic mass is 79.9. The Bertz CT molecular complexity index is 838. The van der Waals surface area contributed by atoms with E-state index < -0.39 is 0 Å². The van der Waals surface area contributed by atoms with Crippen LogP contribution < -0.4 is 5.73 Å². The summed E-state index contributed by atoms with van der Waals surface area (Å²) in [4.78, 5) is 5.17. The lowest BCUT2D eigenvalue weighted by Crippen LogP contribution is -1.82. The number of nitriles is 1. The summed E-state index contributed by atoms with van der Waals surface area (Å²) >= 11 is 4.66. The zero-order chi connectivity index (χ0) is 14.1. The summed E-state index contributed by atoms with van der Waals surface area (Å²) in [7, 11) is 0. The van der Waals surface area contributed by atoms with Crippen LogP contribution in [-0.2, 0) is 0 Å². The third-order valence-corrected chi connectivity index (χ3v) is 4.07. The van der Waals surface area contributed by atoms with Crippen molar-refractivity contribution in [1.29, 1.82) is 5.26 Å². The SMILES string of the molecule is N#Cc1cc(Br)ccc1Sc1nc2ccc(N)cc2o1. The number of hydrogen-bond acceptors (Lipinski definition) is 5. The summed E-state index contributed by atoms with van der Waals surface area (Å²) in [6.07, 6.45) is 0. The van der Waals surface area contributed by atoms with Gasteiger partial charge in [0.05, 0.1) is 5.56 Å². The number of benzene rings is 2. The zero-order valence-electron chi connectivity index (χ0n) is 10.1. The highest BCUT2D eigenvalue weighted by Crippen LogP contribution is 2.33. The average molecular weight is 346 g/mol. The minimum Gasteiger partial charge on any atom is -0.431 e. The van der Waals surface area contributed by atoms with Crippen molar-refractivity contribution >= 4 is 44.5 Å². The summed E-state index contributed by atoms with van der Waals surface area (Å²) in [5, 5.41) is 9.64. The number of fused-ring (bicyclic) bond motifs is 1. The van der Waals surface area contributed by atoms with E-state index in [0.29, 0.717) is 22.1 Å². The number of anilines is 1. The lowest BCUT2D eigenvalue weighted by Gasteiger charge is -2.00. The molecule has 20 heavy (non-hydrogen) atoms. The molecule has 0 aliphatic heterocycles. The van der Waals surface area contributed by atoms with Crippen LogP contribution in [0.3, 0.4) is 0 Å². The number of halogens is 1.